The van der Waals surface area contributed by atoms with E-state index in [2.05, 4.69) is 15.2 Å². The van der Waals surface area contributed by atoms with E-state index in [1.807, 2.05) is 4.90 Å². The number of hydrogen-bond acceptors (Lipinski definition) is 13. The Morgan fingerprint density at radius 2 is 1.88 bits per heavy atom. The maximum Gasteiger partial charge on any atom is 0.350 e. The lowest BCUT2D eigenvalue weighted by atomic mass is 10.1. The number of benzene rings is 1. The van der Waals surface area contributed by atoms with Crippen LogP contribution in [-0.4, -0.2) is 73.4 Å². The maximum absolute atomic E-state index is 12.3. The average molecular weight is 590 g/mol. The fourth-order valence-electron chi connectivity index (χ4n) is 4.57. The van der Waals surface area contributed by atoms with Gasteiger partial charge in [0, 0.05) is 19.6 Å². The molecule has 4 heterocycles. The van der Waals surface area contributed by atoms with Crippen LogP contribution in [0.4, 0.5) is 22.7 Å². The molecule has 1 fully saturated rings. The van der Waals surface area contributed by atoms with E-state index < -0.39 is 16.0 Å². The molecule has 5 rings (SSSR count). The van der Waals surface area contributed by atoms with Gasteiger partial charge in [0.15, 0.2) is 16.8 Å². The normalized spacial score (nSPS) is 15.9. The van der Waals surface area contributed by atoms with Crippen LogP contribution in [0.5, 0.6) is 5.75 Å². The highest BCUT2D eigenvalue weighted by Gasteiger charge is 2.30. The first kappa shape index (κ1) is 28.0. The highest BCUT2D eigenvalue weighted by atomic mass is 32.2. The molecule has 1 aromatic carbocycles. The van der Waals surface area contributed by atoms with Crippen molar-refractivity contribution in [1.29, 1.82) is 0 Å². The molecular weight excluding hydrogens is 558 g/mol. The van der Waals surface area contributed by atoms with Gasteiger partial charge in [0.25, 0.3) is 0 Å². The summed E-state index contributed by atoms with van der Waals surface area (Å²) in [6, 6.07) is 6.40. The van der Waals surface area contributed by atoms with Crippen LogP contribution in [-0.2, 0) is 21.3 Å². The summed E-state index contributed by atoms with van der Waals surface area (Å²) in [5.74, 6) is 1.56. The van der Waals surface area contributed by atoms with Crippen LogP contribution in [0.3, 0.4) is 0 Å². The third-order valence-electron chi connectivity index (χ3n) is 6.60. The van der Waals surface area contributed by atoms with Crippen molar-refractivity contribution in [1.82, 2.24) is 15.0 Å². The van der Waals surface area contributed by atoms with E-state index in [1.165, 1.54) is 12.1 Å². The van der Waals surface area contributed by atoms with Gasteiger partial charge in [0.2, 0.25) is 21.7 Å². The minimum Gasteiger partial charge on any atom is -0.485 e. The number of carbonyl (C=O) groups excluding carboxylic acids is 1. The summed E-state index contributed by atoms with van der Waals surface area (Å²) in [4.78, 5) is 30.9. The molecule has 2 aliphatic heterocycles. The van der Waals surface area contributed by atoms with E-state index in [0.717, 1.165) is 16.9 Å². The Morgan fingerprint density at radius 1 is 1.18 bits per heavy atom. The zero-order valence-corrected chi connectivity index (χ0v) is 23.8. The molecule has 2 aliphatic rings. The molecule has 214 valence electrons. The van der Waals surface area contributed by atoms with Crippen molar-refractivity contribution in [3.05, 3.63) is 40.4 Å². The molecule has 0 atom stereocenters. The number of aromatic nitrogens is 3. The number of aliphatic hydroxyl groups excluding tert-OH is 1. The number of thiazole rings is 1. The number of carbonyl (C=O) groups is 1. The lowest BCUT2D eigenvalue weighted by molar-refractivity contribution is 0.0531. The zero-order valence-electron chi connectivity index (χ0n) is 22.2. The molecule has 0 bridgehead atoms. The molecule has 0 amide bonds. The summed E-state index contributed by atoms with van der Waals surface area (Å²) in [7, 11) is -3.79. The van der Waals surface area contributed by atoms with Gasteiger partial charge in [0.05, 0.1) is 29.8 Å². The Kier molecular flexibility index (Phi) is 8.07. The van der Waals surface area contributed by atoms with E-state index in [0.29, 0.717) is 78.7 Å². The molecule has 13 nitrogen and oxygen atoms in total. The van der Waals surface area contributed by atoms with E-state index in [9.17, 15) is 18.3 Å². The van der Waals surface area contributed by atoms with E-state index >= 15 is 0 Å². The fraction of sp³-hybridized carbons (Fsp3) is 0.440. The number of piperidine rings is 1. The molecule has 0 unspecified atom stereocenters. The van der Waals surface area contributed by atoms with Crippen LogP contribution in [0, 0.1) is 6.92 Å². The third kappa shape index (κ3) is 6.11. The summed E-state index contributed by atoms with van der Waals surface area (Å²) < 4.78 is 34.5. The number of ether oxygens (including phenoxy) is 2. The Bertz CT molecular complexity index is 1490. The summed E-state index contributed by atoms with van der Waals surface area (Å²) >= 11 is 1.16. The van der Waals surface area contributed by atoms with Gasteiger partial charge >= 0.3 is 5.97 Å². The number of fused-ring (bicyclic) bond motifs is 1. The van der Waals surface area contributed by atoms with Crippen molar-refractivity contribution in [3.8, 4) is 5.75 Å². The first-order valence-corrected chi connectivity index (χ1v) is 15.2. The molecule has 3 aromatic rings. The van der Waals surface area contributed by atoms with Crippen molar-refractivity contribution in [3.63, 3.8) is 0 Å². The van der Waals surface area contributed by atoms with Gasteiger partial charge in [-0.25, -0.2) is 23.3 Å². The molecule has 15 heteroatoms. The van der Waals surface area contributed by atoms with Gasteiger partial charge < -0.3 is 24.4 Å². The smallest absolute Gasteiger partial charge is 0.350 e. The maximum atomic E-state index is 12.3. The first-order chi connectivity index (χ1) is 19.1. The molecule has 40 heavy (non-hydrogen) atoms. The monoisotopic (exact) mass is 589 g/mol. The quantitative estimate of drug-likeness (QED) is 0.327. The van der Waals surface area contributed by atoms with Crippen LogP contribution < -0.4 is 25.0 Å². The number of rotatable bonds is 8. The average Bonchev–Trinajstić information content (AvgIpc) is 3.29. The van der Waals surface area contributed by atoms with Crippen molar-refractivity contribution in [2.75, 3.05) is 48.0 Å². The molecule has 2 aromatic heterocycles. The largest absolute Gasteiger partial charge is 0.485 e. The number of nitrogens with two attached hydrogens (primary N) is 1. The number of aliphatic hydroxyl groups is 1. The number of sulfonamides is 1. The number of hydrogen-bond donors (Lipinski definition) is 3. The van der Waals surface area contributed by atoms with Crippen LogP contribution in [0.15, 0.2) is 29.2 Å². The second-order valence-electron chi connectivity index (χ2n) is 9.48. The van der Waals surface area contributed by atoms with Crippen molar-refractivity contribution >= 4 is 50.0 Å². The lowest BCUT2D eigenvalue weighted by Crippen LogP contribution is -2.39. The van der Waals surface area contributed by atoms with Gasteiger partial charge in [-0.2, -0.15) is 9.97 Å². The molecule has 4 N–H and O–H groups in total. The topological polar surface area (TPSA) is 173 Å². The van der Waals surface area contributed by atoms with Gasteiger partial charge in [-0.1, -0.05) is 23.5 Å². The Hall–Kier alpha value is -3.53. The van der Waals surface area contributed by atoms with Crippen LogP contribution in [0.2, 0.25) is 0 Å². The summed E-state index contributed by atoms with van der Waals surface area (Å²) in [6.45, 7) is 6.36. The molecule has 0 spiro atoms. The van der Waals surface area contributed by atoms with Crippen molar-refractivity contribution < 1.29 is 27.8 Å². The molecular formula is C25H31N7O6S2. The fourth-order valence-corrected chi connectivity index (χ4v) is 5.94. The highest BCUT2D eigenvalue weighted by Crippen LogP contribution is 2.41. The predicted octanol–water partition coefficient (Wildman–Crippen LogP) is 2.17. The van der Waals surface area contributed by atoms with Crippen LogP contribution in [0.25, 0.3) is 0 Å². The standard InChI is InChI=1S/C25H31N7O6S2/c1-3-37-23(34)20-15(2)27-25(39-20)30-24-28-21(31-10-8-17(33)9-11-31)19-22(29-24)32(12-13-38-19)14-16-4-6-18(7-5-16)40(26,35)36/h4-7,17,33H,3,8-14H2,1-2H3,(H2,26,35,36)(H,27,28,29,30). The van der Waals surface area contributed by atoms with Crippen molar-refractivity contribution in [2.45, 2.75) is 44.2 Å². The second kappa shape index (κ2) is 11.5. The second-order valence-corrected chi connectivity index (χ2v) is 12.0. The Balaban J connectivity index is 1.49. The minimum atomic E-state index is -3.79. The summed E-state index contributed by atoms with van der Waals surface area (Å²) in [5.41, 5.74) is 1.41. The number of nitrogens with one attached hydrogen (secondary N) is 1. The number of aryl methyl sites for hydroxylation is 1. The van der Waals surface area contributed by atoms with Crippen molar-refractivity contribution in [2.24, 2.45) is 5.14 Å². The van der Waals surface area contributed by atoms with Gasteiger partial charge in [-0.3, -0.25) is 5.32 Å². The first-order valence-electron chi connectivity index (χ1n) is 12.9. The Labute approximate surface area is 236 Å². The van der Waals surface area contributed by atoms with Crippen LogP contribution in [0.1, 0.15) is 40.7 Å². The number of nitrogens with zero attached hydrogens (tertiary/aromatic N) is 5. The third-order valence-corrected chi connectivity index (χ3v) is 8.58. The van der Waals surface area contributed by atoms with E-state index in [-0.39, 0.29) is 23.6 Å². The van der Waals surface area contributed by atoms with Crippen LogP contribution >= 0.6 is 11.3 Å². The van der Waals surface area contributed by atoms with Gasteiger partial charge in [-0.05, 0) is 44.4 Å². The number of primary sulfonamides is 1. The minimum absolute atomic E-state index is 0.0444. The summed E-state index contributed by atoms with van der Waals surface area (Å²) in [5, 5.41) is 18.9. The number of esters is 1. The molecule has 0 aliphatic carbocycles. The SMILES string of the molecule is CCOC(=O)c1sc(Nc2nc(N3CCC(O)CC3)c3c(n2)N(Cc2ccc(S(N)(=O)=O)cc2)CCO3)nc1C. The zero-order chi connectivity index (χ0) is 28.4. The molecule has 0 saturated carbocycles. The van der Waals surface area contributed by atoms with Gasteiger partial charge in [-0.15, -0.1) is 0 Å². The van der Waals surface area contributed by atoms with Gasteiger partial charge in [0.1, 0.15) is 11.5 Å². The molecule has 1 saturated heterocycles. The Morgan fingerprint density at radius 3 is 2.55 bits per heavy atom. The highest BCUT2D eigenvalue weighted by molar-refractivity contribution is 7.89. The lowest BCUT2D eigenvalue weighted by Gasteiger charge is -2.36. The summed E-state index contributed by atoms with van der Waals surface area (Å²) in [6.07, 6.45) is 0.857. The van der Waals surface area contributed by atoms with E-state index in [1.54, 1.807) is 26.0 Å². The van der Waals surface area contributed by atoms with E-state index in [4.69, 9.17) is 24.6 Å². The molecule has 0 radical (unpaired) electrons. The predicted molar refractivity (Wildman–Crippen MR) is 150 cm³/mol. The number of anilines is 4.